The summed E-state index contributed by atoms with van der Waals surface area (Å²) >= 11 is 2.68. The van der Waals surface area contributed by atoms with Crippen molar-refractivity contribution < 1.29 is 0 Å². The fourth-order valence-electron chi connectivity index (χ4n) is 0.421. The van der Waals surface area contributed by atoms with Crippen molar-refractivity contribution in [2.75, 3.05) is 4.43 Å². The Labute approximate surface area is 72.9 Å². The molecule has 0 aromatic rings. The van der Waals surface area contributed by atoms with E-state index in [-0.39, 0.29) is 0 Å². The van der Waals surface area contributed by atoms with Gasteiger partial charge >= 0.3 is 0 Å². The van der Waals surface area contributed by atoms with Crippen LogP contribution in [0, 0.1) is 0 Å². The average molecular weight is 332 g/mol. The van der Waals surface area contributed by atoms with Gasteiger partial charge in [-0.1, -0.05) is 55.5 Å². The van der Waals surface area contributed by atoms with Crippen LogP contribution in [0.2, 0.25) is 0 Å². The number of hydrogen-bond donors (Lipinski definition) is 0. The molecule has 1 aliphatic rings. The van der Waals surface area contributed by atoms with Gasteiger partial charge in [0.05, 0.1) is 0 Å². The molecule has 1 heterocycles. The first-order valence-electron chi connectivity index (χ1n) is 2.30. The Kier molecular flexibility index (Phi) is 3.26. The molecule has 0 bridgehead atoms. The monoisotopic (exact) mass is 332 g/mol. The number of halogens is 2. The van der Waals surface area contributed by atoms with Crippen LogP contribution >= 0.6 is 43.3 Å². The molecule has 0 spiro atoms. The predicted octanol–water partition coefficient (Wildman–Crippen LogP) is 2.65. The molecule has 0 radical (unpaired) electrons. The van der Waals surface area contributed by atoms with Crippen molar-refractivity contribution in [3.05, 3.63) is 21.8 Å². The van der Waals surface area contributed by atoms with Gasteiger partial charge in [0.25, 0.3) is 0 Å². The van der Waals surface area contributed by atoms with Gasteiger partial charge in [-0.2, -0.15) is 0 Å². The van der Waals surface area contributed by atoms with Crippen molar-refractivity contribution in [3.8, 4) is 0 Å². The fraction of sp³-hybridized carbons (Fsp3) is 0.167. The first-order valence-corrected chi connectivity index (χ1v) is 6.32. The second-order valence-electron chi connectivity index (χ2n) is 1.42. The Hall–Kier alpha value is 0.810. The number of alkyl halides is 1. The Morgan fingerprint density at radius 2 is 2.50 bits per heavy atom. The molecule has 1 aliphatic heterocycles. The van der Waals surface area contributed by atoms with E-state index < -0.39 is 0 Å². The Balaban J connectivity index is 2.68. The smallest absolute Gasteiger partial charge is 0.0247 e. The van der Waals surface area contributed by atoms with Gasteiger partial charge in [0.1, 0.15) is 0 Å². The van der Waals surface area contributed by atoms with Crippen LogP contribution < -0.4 is 0 Å². The maximum atomic E-state index is 2.38. The van der Waals surface area contributed by atoms with Crippen molar-refractivity contribution in [2.24, 2.45) is 0 Å². The second kappa shape index (κ2) is 3.76. The van der Waals surface area contributed by atoms with Gasteiger partial charge in [0, 0.05) is 4.43 Å². The minimum Gasteiger partial charge on any atom is -0.0937 e. The molecule has 0 nitrogen and oxygen atoms in total. The van der Waals surface area contributed by atoms with Crippen molar-refractivity contribution >= 4 is 47.3 Å². The highest BCUT2D eigenvalue weighted by Gasteiger charge is 1.87. The van der Waals surface area contributed by atoms with E-state index in [0.717, 1.165) is 4.43 Å². The van der Waals surface area contributed by atoms with E-state index in [0.29, 0.717) is 20.7 Å². The number of allylic oxidation sites excluding steroid dienone is 3. The highest BCUT2D eigenvalue weighted by molar-refractivity contribution is 14.2. The zero-order valence-electron chi connectivity index (χ0n) is 4.27. The van der Waals surface area contributed by atoms with Crippen molar-refractivity contribution in [1.29, 1.82) is 0 Å². The van der Waals surface area contributed by atoms with Crippen LogP contribution in [-0.4, -0.2) is 8.44 Å². The quantitative estimate of drug-likeness (QED) is 0.512. The molecule has 0 aromatic carbocycles. The number of hydrogen-bond acceptors (Lipinski definition) is 0. The molecule has 0 atom stereocenters. The van der Waals surface area contributed by atoms with E-state index in [4.69, 9.17) is 0 Å². The zero-order chi connectivity index (χ0) is 5.82. The normalized spacial score (nSPS) is 17.4. The fourth-order valence-corrected chi connectivity index (χ4v) is 2.51. The van der Waals surface area contributed by atoms with Gasteiger partial charge in [0.15, 0.2) is 0 Å². The van der Waals surface area contributed by atoms with E-state index in [1.807, 2.05) is 0 Å². The molecule has 0 N–H and O–H groups in total. The van der Waals surface area contributed by atoms with Crippen molar-refractivity contribution in [3.63, 3.8) is 0 Å². The van der Waals surface area contributed by atoms with E-state index >= 15 is 0 Å². The Morgan fingerprint density at radius 1 is 1.62 bits per heavy atom. The lowest BCUT2D eigenvalue weighted by atomic mass is 10.3. The molecule has 44 valence electrons. The van der Waals surface area contributed by atoms with Gasteiger partial charge < -0.3 is 0 Å². The van der Waals surface area contributed by atoms with Gasteiger partial charge in [-0.25, -0.2) is 0 Å². The standard InChI is InChI=1S/C6H6I2/c7-5-6-1-3-8-4-2-6/h1-4H,5H2. The summed E-state index contributed by atoms with van der Waals surface area (Å²) in [4.78, 5) is 0. The average Bonchev–Trinajstić information content (AvgIpc) is 1.90. The molecule has 1 rings (SSSR count). The molecule has 0 aromatic heterocycles. The minimum atomic E-state index is 0.296. The SMILES string of the molecule is ICC1=CC=IC=C1. The van der Waals surface area contributed by atoms with Gasteiger partial charge in [-0.05, 0) is 13.7 Å². The van der Waals surface area contributed by atoms with Crippen LogP contribution in [0.15, 0.2) is 21.8 Å². The van der Waals surface area contributed by atoms with E-state index in [9.17, 15) is 0 Å². The zero-order valence-corrected chi connectivity index (χ0v) is 8.59. The lowest BCUT2D eigenvalue weighted by Gasteiger charge is -1.93. The molecule has 0 fully saturated rings. The van der Waals surface area contributed by atoms with Gasteiger partial charge in [-0.15, -0.1) is 0 Å². The summed E-state index contributed by atoms with van der Waals surface area (Å²) in [5.41, 5.74) is 1.46. The summed E-state index contributed by atoms with van der Waals surface area (Å²) in [7, 11) is 0. The van der Waals surface area contributed by atoms with E-state index in [1.54, 1.807) is 0 Å². The van der Waals surface area contributed by atoms with Gasteiger partial charge in [-0.3, -0.25) is 0 Å². The van der Waals surface area contributed by atoms with Crippen LogP contribution in [0.1, 0.15) is 0 Å². The van der Waals surface area contributed by atoms with Crippen LogP contribution in [0.3, 0.4) is 0 Å². The number of rotatable bonds is 1. The van der Waals surface area contributed by atoms with Crippen molar-refractivity contribution in [2.45, 2.75) is 0 Å². The molecule has 2 heteroatoms. The van der Waals surface area contributed by atoms with Crippen LogP contribution in [0.25, 0.3) is 0 Å². The summed E-state index contributed by atoms with van der Waals surface area (Å²) < 4.78 is 5.74. The molecule has 0 aliphatic carbocycles. The van der Waals surface area contributed by atoms with E-state index in [1.165, 1.54) is 5.57 Å². The highest BCUT2D eigenvalue weighted by Crippen LogP contribution is 2.11. The minimum absolute atomic E-state index is 0.296. The third-order valence-corrected chi connectivity index (χ3v) is 3.28. The first kappa shape index (κ1) is 6.92. The van der Waals surface area contributed by atoms with Crippen molar-refractivity contribution in [1.82, 2.24) is 0 Å². The summed E-state index contributed by atoms with van der Waals surface area (Å²) in [6.07, 6.45) is 4.47. The summed E-state index contributed by atoms with van der Waals surface area (Å²) in [5, 5.41) is 0. The molecule has 0 saturated carbocycles. The molecular formula is C6H6I2. The molecule has 0 saturated heterocycles. The van der Waals surface area contributed by atoms with Crippen LogP contribution in [0.5, 0.6) is 0 Å². The summed E-state index contributed by atoms with van der Waals surface area (Å²) in [5.74, 6) is 0. The lowest BCUT2D eigenvalue weighted by molar-refractivity contribution is 1.62. The molecule has 8 heavy (non-hydrogen) atoms. The highest BCUT2D eigenvalue weighted by atomic mass is 127. The largest absolute Gasteiger partial charge is 0.0937 e. The Morgan fingerprint density at radius 3 is 2.88 bits per heavy atom. The van der Waals surface area contributed by atoms with E-state index in [2.05, 4.69) is 42.8 Å². The maximum absolute atomic E-state index is 2.38. The van der Waals surface area contributed by atoms with Crippen LogP contribution in [-0.2, 0) is 0 Å². The van der Waals surface area contributed by atoms with Crippen LogP contribution in [0.4, 0.5) is 0 Å². The summed E-state index contributed by atoms with van der Waals surface area (Å²) in [6.45, 7) is 0. The third kappa shape index (κ3) is 1.97. The molecule has 0 unspecified atom stereocenters. The maximum Gasteiger partial charge on any atom is 0.0247 e. The second-order valence-corrected chi connectivity index (χ2v) is 4.34. The molecular weight excluding hydrogens is 326 g/mol. The first-order chi connectivity index (χ1) is 3.93. The lowest BCUT2D eigenvalue weighted by Crippen LogP contribution is -1.79. The van der Waals surface area contributed by atoms with Gasteiger partial charge in [0.2, 0.25) is 0 Å². The molecule has 0 amide bonds. The third-order valence-electron chi connectivity index (χ3n) is 0.854. The summed E-state index contributed by atoms with van der Waals surface area (Å²) in [6, 6.07) is 0. The topological polar surface area (TPSA) is 0 Å². The Bertz CT molecular complexity index is 154. The predicted molar refractivity (Wildman–Crippen MR) is 56.2 cm³/mol.